The van der Waals surface area contributed by atoms with Gasteiger partial charge in [0.05, 0.1) is 11.6 Å². The van der Waals surface area contributed by atoms with Crippen LogP contribution in [0.5, 0.6) is 0 Å². The van der Waals surface area contributed by atoms with Crippen LogP contribution in [-0.4, -0.2) is 39.2 Å². The molecule has 8 heteroatoms. The van der Waals surface area contributed by atoms with Crippen molar-refractivity contribution in [2.45, 2.75) is 5.60 Å². The lowest BCUT2D eigenvalue weighted by atomic mass is 9.85. The van der Waals surface area contributed by atoms with Gasteiger partial charge in [-0.2, -0.15) is 0 Å². The minimum atomic E-state index is -1.52. The van der Waals surface area contributed by atoms with Crippen molar-refractivity contribution in [2.24, 2.45) is 0 Å². The molecular formula is C23H19Cl2N3O3. The van der Waals surface area contributed by atoms with E-state index in [1.54, 1.807) is 48.8 Å². The molecule has 0 aliphatic rings. The lowest BCUT2D eigenvalue weighted by Gasteiger charge is -2.30. The maximum Gasteiger partial charge on any atom is 0.245 e. The quantitative estimate of drug-likeness (QED) is 0.354. The molecule has 2 aromatic heterocycles. The molecule has 4 aromatic rings. The van der Waals surface area contributed by atoms with E-state index >= 15 is 0 Å². The number of halogens is 2. The minimum absolute atomic E-state index is 0.115. The van der Waals surface area contributed by atoms with Gasteiger partial charge in [0.25, 0.3) is 0 Å². The molecule has 158 valence electrons. The second-order valence-corrected chi connectivity index (χ2v) is 7.94. The molecule has 0 aliphatic heterocycles. The van der Waals surface area contributed by atoms with E-state index in [2.05, 4.69) is 15.3 Å². The number of hydrogen-bond acceptors (Lipinski definition) is 4. The van der Waals surface area contributed by atoms with Gasteiger partial charge in [-0.05, 0) is 40.5 Å². The molecule has 2 heterocycles. The summed E-state index contributed by atoms with van der Waals surface area (Å²) in [5.41, 5.74) is 2.11. The van der Waals surface area contributed by atoms with E-state index in [9.17, 15) is 9.90 Å². The van der Waals surface area contributed by atoms with Gasteiger partial charge in [0.2, 0.25) is 5.91 Å². The highest BCUT2D eigenvalue weighted by molar-refractivity contribution is 6.36. The van der Waals surface area contributed by atoms with Crippen LogP contribution in [0.25, 0.3) is 22.2 Å². The lowest BCUT2D eigenvalue weighted by Crippen LogP contribution is -2.42. The third kappa shape index (κ3) is 4.16. The van der Waals surface area contributed by atoms with Crippen LogP contribution >= 0.6 is 23.2 Å². The SMILES string of the molecule is O=C(CO)NCC(O)(c1ccc(Cl)cc1)c1ccc(-c2ccnc3[nH]cc(Cl)c23)cc1. The molecule has 0 saturated carbocycles. The molecule has 6 nitrogen and oxygen atoms in total. The van der Waals surface area contributed by atoms with Crippen LogP contribution in [0.1, 0.15) is 11.1 Å². The van der Waals surface area contributed by atoms with Crippen LogP contribution in [0.2, 0.25) is 10.0 Å². The summed E-state index contributed by atoms with van der Waals surface area (Å²) in [6, 6.07) is 16.0. The average Bonchev–Trinajstić information content (AvgIpc) is 3.19. The Morgan fingerprint density at radius 2 is 1.68 bits per heavy atom. The van der Waals surface area contributed by atoms with Crippen molar-refractivity contribution in [3.63, 3.8) is 0 Å². The first-order valence-electron chi connectivity index (χ1n) is 9.51. The second kappa shape index (κ2) is 8.69. The molecule has 4 N–H and O–H groups in total. The van der Waals surface area contributed by atoms with Crippen molar-refractivity contribution in [1.82, 2.24) is 15.3 Å². The van der Waals surface area contributed by atoms with Crippen molar-refractivity contribution < 1.29 is 15.0 Å². The monoisotopic (exact) mass is 455 g/mol. The van der Waals surface area contributed by atoms with Gasteiger partial charge in [0.1, 0.15) is 17.9 Å². The summed E-state index contributed by atoms with van der Waals surface area (Å²) in [7, 11) is 0. The zero-order valence-electron chi connectivity index (χ0n) is 16.3. The first-order chi connectivity index (χ1) is 14.9. The number of rotatable bonds is 6. The number of carbonyl (C=O) groups is 1. The Morgan fingerprint density at radius 3 is 2.32 bits per heavy atom. The molecule has 0 aliphatic carbocycles. The van der Waals surface area contributed by atoms with Crippen molar-refractivity contribution in [1.29, 1.82) is 0 Å². The minimum Gasteiger partial charge on any atom is -0.387 e. The molecule has 0 saturated heterocycles. The molecule has 0 fully saturated rings. The van der Waals surface area contributed by atoms with Crippen LogP contribution in [0.3, 0.4) is 0 Å². The Morgan fingerprint density at radius 1 is 1.03 bits per heavy atom. The Hall–Kier alpha value is -2.90. The van der Waals surface area contributed by atoms with Crippen molar-refractivity contribution in [3.8, 4) is 11.1 Å². The summed E-state index contributed by atoms with van der Waals surface area (Å²) in [5.74, 6) is -0.578. The number of H-pyrrole nitrogens is 1. The van der Waals surface area contributed by atoms with Gasteiger partial charge in [-0.3, -0.25) is 4.79 Å². The van der Waals surface area contributed by atoms with E-state index in [1.807, 2.05) is 18.2 Å². The van der Waals surface area contributed by atoms with Crippen LogP contribution in [0.15, 0.2) is 67.0 Å². The molecule has 1 atom stereocenters. The summed E-state index contributed by atoms with van der Waals surface area (Å²) >= 11 is 12.3. The first-order valence-corrected chi connectivity index (χ1v) is 10.3. The summed E-state index contributed by atoms with van der Waals surface area (Å²) in [5, 5.41) is 25.1. The number of aliphatic hydroxyl groups excluding tert-OH is 1. The van der Waals surface area contributed by atoms with Crippen LogP contribution in [-0.2, 0) is 10.4 Å². The van der Waals surface area contributed by atoms with Crippen molar-refractivity contribution in [2.75, 3.05) is 13.2 Å². The number of pyridine rings is 1. The molecule has 31 heavy (non-hydrogen) atoms. The normalized spacial score (nSPS) is 13.2. The number of nitrogens with one attached hydrogen (secondary N) is 2. The van der Waals surface area contributed by atoms with E-state index < -0.39 is 18.1 Å². The zero-order chi connectivity index (χ0) is 22.0. The van der Waals surface area contributed by atoms with Crippen molar-refractivity contribution in [3.05, 3.63) is 88.2 Å². The van der Waals surface area contributed by atoms with Gasteiger partial charge in [-0.25, -0.2) is 4.98 Å². The van der Waals surface area contributed by atoms with Gasteiger partial charge in [-0.1, -0.05) is 59.6 Å². The van der Waals surface area contributed by atoms with E-state index in [0.29, 0.717) is 26.8 Å². The topological polar surface area (TPSA) is 98.2 Å². The Balaban J connectivity index is 1.74. The molecule has 4 rings (SSSR count). The first kappa shape index (κ1) is 21.3. The van der Waals surface area contributed by atoms with Gasteiger partial charge in [-0.15, -0.1) is 0 Å². The number of hydrogen-bond donors (Lipinski definition) is 4. The Labute approximate surface area is 188 Å². The molecule has 2 aromatic carbocycles. The second-order valence-electron chi connectivity index (χ2n) is 7.10. The molecular weight excluding hydrogens is 437 g/mol. The largest absolute Gasteiger partial charge is 0.387 e. The zero-order valence-corrected chi connectivity index (χ0v) is 17.8. The van der Waals surface area contributed by atoms with Crippen LogP contribution in [0, 0.1) is 0 Å². The summed E-state index contributed by atoms with van der Waals surface area (Å²) in [6.07, 6.45) is 3.40. The number of fused-ring (bicyclic) bond motifs is 1. The fourth-order valence-electron chi connectivity index (χ4n) is 3.56. The number of carbonyl (C=O) groups excluding carboxylic acids is 1. The number of amides is 1. The lowest BCUT2D eigenvalue weighted by molar-refractivity contribution is -0.124. The maximum atomic E-state index is 11.6. The predicted octanol–water partition coefficient (Wildman–Crippen LogP) is 3.88. The molecule has 0 radical (unpaired) electrons. The van der Waals surface area contributed by atoms with E-state index in [1.165, 1.54) is 0 Å². The molecule has 1 unspecified atom stereocenters. The highest BCUT2D eigenvalue weighted by Gasteiger charge is 2.32. The van der Waals surface area contributed by atoms with Crippen molar-refractivity contribution >= 4 is 40.1 Å². The predicted molar refractivity (Wildman–Crippen MR) is 121 cm³/mol. The fraction of sp³-hybridized carbons (Fsp3) is 0.130. The Bertz CT molecular complexity index is 1220. The summed E-state index contributed by atoms with van der Waals surface area (Å²) < 4.78 is 0. The maximum absolute atomic E-state index is 11.6. The third-order valence-electron chi connectivity index (χ3n) is 5.21. The molecule has 0 bridgehead atoms. The number of aromatic amines is 1. The summed E-state index contributed by atoms with van der Waals surface area (Å²) in [6.45, 7) is -0.776. The average molecular weight is 456 g/mol. The number of aliphatic hydroxyl groups is 2. The molecule has 0 spiro atoms. The highest BCUT2D eigenvalue weighted by Crippen LogP contribution is 2.35. The van der Waals surface area contributed by atoms with Gasteiger partial charge >= 0.3 is 0 Å². The van der Waals surface area contributed by atoms with Crippen LogP contribution in [0.4, 0.5) is 0 Å². The van der Waals surface area contributed by atoms with Gasteiger partial charge in [0, 0.05) is 22.8 Å². The Kier molecular flexibility index (Phi) is 5.98. The molecule has 1 amide bonds. The van der Waals surface area contributed by atoms with E-state index in [-0.39, 0.29) is 6.54 Å². The van der Waals surface area contributed by atoms with Crippen LogP contribution < -0.4 is 5.32 Å². The number of benzene rings is 2. The number of nitrogens with zero attached hydrogens (tertiary/aromatic N) is 1. The summed E-state index contributed by atoms with van der Waals surface area (Å²) in [4.78, 5) is 19.0. The van der Waals surface area contributed by atoms with Gasteiger partial charge < -0.3 is 20.5 Å². The third-order valence-corrected chi connectivity index (χ3v) is 5.76. The smallest absolute Gasteiger partial charge is 0.245 e. The fourth-order valence-corrected chi connectivity index (χ4v) is 3.93. The number of aromatic nitrogens is 2. The van der Waals surface area contributed by atoms with Gasteiger partial charge in [0.15, 0.2) is 0 Å². The van der Waals surface area contributed by atoms with E-state index in [0.717, 1.165) is 16.5 Å². The highest BCUT2D eigenvalue weighted by atomic mass is 35.5. The van der Waals surface area contributed by atoms with E-state index in [4.69, 9.17) is 28.3 Å². The standard InChI is InChI=1S/C23H19Cl2N3O3/c24-17-7-5-16(6-8-17)23(31,13-28-20(30)12-29)15-3-1-14(2-4-15)18-9-10-26-22-21(18)19(25)11-27-22/h1-11,29,31H,12-13H2,(H,26,27)(H,28,30).